The largest absolute Gasteiger partial charge is 0.489 e. The van der Waals surface area contributed by atoms with Gasteiger partial charge in [-0.2, -0.15) is 0 Å². The zero-order valence-electron chi connectivity index (χ0n) is 30.9. The van der Waals surface area contributed by atoms with Crippen molar-refractivity contribution < 1.29 is 61.2 Å². The van der Waals surface area contributed by atoms with E-state index in [2.05, 4.69) is 0 Å². The van der Waals surface area contributed by atoms with Crippen LogP contribution in [-0.4, -0.2) is 67.4 Å². The predicted octanol–water partition coefficient (Wildman–Crippen LogP) is 7.49. The van der Waals surface area contributed by atoms with Crippen molar-refractivity contribution in [1.29, 1.82) is 0 Å². The van der Waals surface area contributed by atoms with Gasteiger partial charge in [0, 0.05) is 11.3 Å². The third kappa shape index (κ3) is 15.9. The third-order valence-corrected chi connectivity index (χ3v) is 9.93. The van der Waals surface area contributed by atoms with Crippen molar-refractivity contribution >= 4 is 55.3 Å². The Morgan fingerprint density at radius 1 is 0.508 bits per heavy atom. The summed E-state index contributed by atoms with van der Waals surface area (Å²) in [7, 11) is -6.98. The van der Waals surface area contributed by atoms with E-state index >= 15 is 0 Å². The molecule has 0 aromatic heterocycles. The minimum Gasteiger partial charge on any atom is -0.489 e. The number of sulfone groups is 1. The highest BCUT2D eigenvalue weighted by molar-refractivity contribution is 7.90. The molecule has 0 radical (unpaired) electrons. The van der Waals surface area contributed by atoms with E-state index in [9.17, 15) is 36.0 Å². The van der Waals surface area contributed by atoms with Crippen molar-refractivity contribution in [3.63, 3.8) is 0 Å². The van der Waals surface area contributed by atoms with Gasteiger partial charge in [-0.15, -0.1) is 0 Å². The molecule has 17 heteroatoms. The molecule has 0 aliphatic rings. The summed E-state index contributed by atoms with van der Waals surface area (Å²) in [6.45, 7) is 0.535. The molecule has 0 saturated heterocycles. The van der Waals surface area contributed by atoms with Crippen LogP contribution in [0.4, 0.5) is 0 Å². The van der Waals surface area contributed by atoms with Gasteiger partial charge >= 0.3 is 23.9 Å². The SMILES string of the molecule is CS(=O)(=O)c1ccc(C(=O)O)cc1.NS(=O)(=O)c1ccc(C(=O)O)cc1.O=C(O)c1ccc(-c2ccc(OCc3ccccc3)cc2)cc1.O=C(O)c1ccc(Cl)cc1. The lowest BCUT2D eigenvalue weighted by Gasteiger charge is -2.08. The summed E-state index contributed by atoms with van der Waals surface area (Å²) in [6, 6.07) is 40.4. The monoisotopic (exact) mass is 861 g/mol. The second kappa shape index (κ2) is 21.6. The molecule has 0 atom stereocenters. The lowest BCUT2D eigenvalue weighted by molar-refractivity contribution is 0.0686. The quantitative estimate of drug-likeness (QED) is 0.0896. The topological polar surface area (TPSA) is 253 Å². The number of hydrogen-bond donors (Lipinski definition) is 5. The first-order chi connectivity index (χ1) is 27.7. The molecule has 0 amide bonds. The molecule has 306 valence electrons. The fraction of sp³-hybridized carbons (Fsp3) is 0.0476. The number of ether oxygens (including phenoxy) is 1. The zero-order chi connectivity index (χ0) is 43.8. The van der Waals surface area contributed by atoms with Crippen LogP contribution in [0, 0.1) is 0 Å². The summed E-state index contributed by atoms with van der Waals surface area (Å²) in [4.78, 5) is 42.0. The number of aromatic carboxylic acids is 4. The molecule has 6 N–H and O–H groups in total. The van der Waals surface area contributed by atoms with Crippen LogP contribution in [0.15, 0.2) is 161 Å². The average molecular weight is 862 g/mol. The van der Waals surface area contributed by atoms with Crippen molar-refractivity contribution in [2.45, 2.75) is 16.4 Å². The standard InChI is InChI=1S/C20H16O3.C8H8O4S.C7H5ClO2.C7H7NO4S/c21-20(22)18-8-6-16(7-9-18)17-10-12-19(13-11-17)23-14-15-4-2-1-3-5-15;1-13(11,12)7-4-2-6(3-5-7)8(9)10;8-6-3-1-5(2-4-6)7(9)10;8-13(11,12)6-3-1-5(2-4-6)7(9)10/h1-13H,14H2,(H,21,22);2-5H,1H3,(H,9,10);1-4H,(H,9,10);1-4H,(H,9,10)(H2,8,11,12). The zero-order valence-corrected chi connectivity index (χ0v) is 33.3. The second-order valence-electron chi connectivity index (χ2n) is 12.0. The van der Waals surface area contributed by atoms with Crippen LogP contribution in [0.5, 0.6) is 5.75 Å². The molecule has 0 spiro atoms. The Morgan fingerprint density at radius 3 is 1.20 bits per heavy atom. The Hall–Kier alpha value is -6.85. The van der Waals surface area contributed by atoms with Gasteiger partial charge < -0.3 is 25.2 Å². The highest BCUT2D eigenvalue weighted by Crippen LogP contribution is 2.23. The molecule has 0 aliphatic carbocycles. The van der Waals surface area contributed by atoms with Crippen LogP contribution in [0.2, 0.25) is 5.02 Å². The minimum absolute atomic E-state index is 0.0207. The summed E-state index contributed by atoms with van der Waals surface area (Å²) in [5.74, 6) is -3.22. The minimum atomic E-state index is -3.74. The number of carbonyl (C=O) groups is 4. The first-order valence-electron chi connectivity index (χ1n) is 16.7. The smallest absolute Gasteiger partial charge is 0.335 e. The van der Waals surface area contributed by atoms with E-state index in [0.717, 1.165) is 40.8 Å². The Balaban J connectivity index is 0.000000223. The number of sulfonamides is 1. The van der Waals surface area contributed by atoms with Crippen molar-refractivity contribution in [3.8, 4) is 16.9 Å². The maximum Gasteiger partial charge on any atom is 0.335 e. The molecule has 6 aromatic rings. The molecule has 0 fully saturated rings. The van der Waals surface area contributed by atoms with Crippen LogP contribution in [0.1, 0.15) is 47.0 Å². The van der Waals surface area contributed by atoms with Gasteiger partial charge in [0.05, 0.1) is 32.0 Å². The van der Waals surface area contributed by atoms with Crippen molar-refractivity contribution in [3.05, 3.63) is 184 Å². The Morgan fingerprint density at radius 2 is 0.847 bits per heavy atom. The summed E-state index contributed by atoms with van der Waals surface area (Å²) in [5.41, 5.74) is 3.76. The lowest BCUT2D eigenvalue weighted by atomic mass is 10.0. The van der Waals surface area contributed by atoms with Gasteiger partial charge in [0.1, 0.15) is 12.4 Å². The summed E-state index contributed by atoms with van der Waals surface area (Å²) >= 11 is 5.52. The van der Waals surface area contributed by atoms with Gasteiger partial charge in [-0.3, -0.25) is 0 Å². The summed E-state index contributed by atoms with van der Waals surface area (Å²) < 4.78 is 49.2. The Labute approximate surface area is 344 Å². The number of benzene rings is 6. The van der Waals surface area contributed by atoms with E-state index in [0.29, 0.717) is 11.6 Å². The van der Waals surface area contributed by atoms with Crippen molar-refractivity contribution in [2.24, 2.45) is 5.14 Å². The van der Waals surface area contributed by atoms with Crippen LogP contribution in [-0.2, 0) is 26.5 Å². The fourth-order valence-corrected chi connectivity index (χ4v) is 5.79. The van der Waals surface area contributed by atoms with E-state index in [1.54, 1.807) is 24.3 Å². The second-order valence-corrected chi connectivity index (χ2v) is 16.0. The van der Waals surface area contributed by atoms with E-state index in [4.69, 9.17) is 41.9 Å². The average Bonchev–Trinajstić information content (AvgIpc) is 3.21. The summed E-state index contributed by atoms with van der Waals surface area (Å²) in [6.07, 6.45) is 1.07. The number of halogens is 1. The third-order valence-electron chi connectivity index (χ3n) is 7.62. The van der Waals surface area contributed by atoms with E-state index in [-0.39, 0.29) is 32.0 Å². The van der Waals surface area contributed by atoms with Crippen LogP contribution >= 0.6 is 11.6 Å². The molecule has 6 rings (SSSR count). The number of carboxylic acids is 4. The molecule has 6 aromatic carbocycles. The highest BCUT2D eigenvalue weighted by atomic mass is 35.5. The first kappa shape index (κ1) is 46.5. The molecular weight excluding hydrogens is 826 g/mol. The molecule has 0 heterocycles. The van der Waals surface area contributed by atoms with Gasteiger partial charge in [-0.05, 0) is 114 Å². The predicted molar refractivity (Wildman–Crippen MR) is 219 cm³/mol. The number of primary sulfonamides is 1. The van der Waals surface area contributed by atoms with Crippen LogP contribution < -0.4 is 9.88 Å². The van der Waals surface area contributed by atoms with Gasteiger partial charge in [-0.25, -0.2) is 41.2 Å². The maximum atomic E-state index is 11.0. The number of hydrogen-bond acceptors (Lipinski definition) is 9. The normalized spacial score (nSPS) is 10.5. The van der Waals surface area contributed by atoms with Crippen molar-refractivity contribution in [1.82, 2.24) is 0 Å². The number of carboxylic acid groups (broad SMARTS) is 4. The van der Waals surface area contributed by atoms with Crippen molar-refractivity contribution in [2.75, 3.05) is 6.26 Å². The molecule has 0 bridgehead atoms. The van der Waals surface area contributed by atoms with Gasteiger partial charge in [0.2, 0.25) is 10.0 Å². The van der Waals surface area contributed by atoms with E-state index in [1.807, 2.05) is 66.7 Å². The summed E-state index contributed by atoms with van der Waals surface area (Å²) in [5, 5.41) is 39.7. The number of nitrogens with two attached hydrogens (primary N) is 1. The number of rotatable bonds is 10. The van der Waals surface area contributed by atoms with Gasteiger partial charge in [-0.1, -0.05) is 66.2 Å². The van der Waals surface area contributed by atoms with Gasteiger partial charge in [0.25, 0.3) is 0 Å². The molecule has 0 aliphatic heterocycles. The molecular formula is C42H36ClNO13S2. The molecule has 0 saturated carbocycles. The molecule has 14 nitrogen and oxygen atoms in total. The Bertz CT molecular complexity index is 2480. The fourth-order valence-electron chi connectivity index (χ4n) is 4.51. The first-order valence-corrected chi connectivity index (χ1v) is 20.5. The maximum absolute atomic E-state index is 11.0. The van der Waals surface area contributed by atoms with Gasteiger partial charge in [0.15, 0.2) is 9.84 Å². The van der Waals surface area contributed by atoms with E-state index < -0.39 is 43.7 Å². The van der Waals surface area contributed by atoms with Crippen LogP contribution in [0.25, 0.3) is 11.1 Å². The molecule has 59 heavy (non-hydrogen) atoms. The van der Waals surface area contributed by atoms with E-state index in [1.165, 1.54) is 48.5 Å². The highest BCUT2D eigenvalue weighted by Gasteiger charge is 2.10. The Kier molecular flexibility index (Phi) is 17.0. The lowest BCUT2D eigenvalue weighted by Crippen LogP contribution is -2.12. The van der Waals surface area contributed by atoms with Crippen LogP contribution in [0.3, 0.4) is 0 Å². The molecule has 0 unspecified atom stereocenters.